The number of allylic oxidation sites excluding steroid dienone is 3. The van der Waals surface area contributed by atoms with Crippen molar-refractivity contribution in [2.75, 3.05) is 11.9 Å². The van der Waals surface area contributed by atoms with Crippen LogP contribution >= 0.6 is 0 Å². The summed E-state index contributed by atoms with van der Waals surface area (Å²) in [4.78, 5) is 2.59. The Morgan fingerprint density at radius 3 is 2.03 bits per heavy atom. The SMILES string of the molecule is CC[Si](CC)(c1cc(C)cc(C(C)(C)C)c1O)C1C2C=CC=CC2C2C1c1cc(C)ccc1N2C.[CH3-].[CH3-].[CH3-].[Ti+3]. The maximum atomic E-state index is 11.9. The molecule has 2 aromatic carbocycles. The van der Waals surface area contributed by atoms with Crippen molar-refractivity contribution in [1.82, 2.24) is 0 Å². The summed E-state index contributed by atoms with van der Waals surface area (Å²) >= 11 is 0. The number of phenolic OH excluding ortho intramolecular Hbond substituents is 1. The molecule has 0 saturated heterocycles. The van der Waals surface area contributed by atoms with Gasteiger partial charge in [-0.25, -0.2) is 0 Å². The van der Waals surface area contributed by atoms with Gasteiger partial charge in [-0.05, 0) is 53.1 Å². The van der Waals surface area contributed by atoms with Crippen LogP contribution in [0.2, 0.25) is 17.6 Å². The first-order valence-electron chi connectivity index (χ1n) is 13.6. The van der Waals surface area contributed by atoms with Crippen LogP contribution in [0.5, 0.6) is 5.75 Å². The summed E-state index contributed by atoms with van der Waals surface area (Å²) in [5.41, 5.74) is 7.17. The third-order valence-corrected chi connectivity index (χ3v) is 15.7. The average molecular weight is 579 g/mol. The zero-order valence-corrected chi connectivity index (χ0v) is 29.0. The van der Waals surface area contributed by atoms with Gasteiger partial charge >= 0.3 is 21.7 Å². The monoisotopic (exact) mass is 578 g/mol. The Balaban J connectivity index is 0.00000190. The molecule has 1 N–H and O–H groups in total. The van der Waals surface area contributed by atoms with Crippen molar-refractivity contribution in [1.29, 1.82) is 0 Å². The summed E-state index contributed by atoms with van der Waals surface area (Å²) in [6.45, 7) is 16.0. The molecule has 211 valence electrons. The van der Waals surface area contributed by atoms with Crippen molar-refractivity contribution in [3.05, 3.63) is 99.2 Å². The molecular weight excluding hydrogens is 526 g/mol. The van der Waals surface area contributed by atoms with Gasteiger partial charge in [-0.2, -0.15) is 0 Å². The Bertz CT molecular complexity index is 1210. The summed E-state index contributed by atoms with van der Waals surface area (Å²) in [5, 5.41) is 13.2. The summed E-state index contributed by atoms with van der Waals surface area (Å²) in [7, 11) is 0.169. The molecule has 1 heterocycles. The van der Waals surface area contributed by atoms with Crippen LogP contribution in [0.1, 0.15) is 62.8 Å². The number of phenols is 1. The first kappa shape index (κ1) is 35.5. The minimum atomic E-state index is -2.14. The third kappa shape index (κ3) is 5.29. The summed E-state index contributed by atoms with van der Waals surface area (Å²) in [6, 6.07) is 14.5. The van der Waals surface area contributed by atoms with E-state index in [9.17, 15) is 5.11 Å². The fourth-order valence-electron chi connectivity index (χ4n) is 8.06. The molecule has 0 spiro atoms. The molecule has 5 unspecified atom stereocenters. The van der Waals surface area contributed by atoms with E-state index in [-0.39, 0.29) is 49.4 Å². The second-order valence-electron chi connectivity index (χ2n) is 12.5. The second-order valence-corrected chi connectivity index (χ2v) is 17.4. The molecule has 1 fully saturated rings. The Morgan fingerprint density at radius 2 is 1.46 bits per heavy atom. The van der Waals surface area contributed by atoms with Gasteiger partial charge in [0.15, 0.2) is 0 Å². The summed E-state index contributed by atoms with van der Waals surface area (Å²) in [5.74, 6) is 2.13. The number of hydrogen-bond acceptors (Lipinski definition) is 2. The molecule has 0 aromatic heterocycles. The normalized spacial score (nSPS) is 24.4. The van der Waals surface area contributed by atoms with Gasteiger partial charge in [0.05, 0.1) is 8.07 Å². The molecule has 3 aliphatic rings. The van der Waals surface area contributed by atoms with E-state index in [2.05, 4.69) is 115 Å². The maximum Gasteiger partial charge on any atom is 3.00 e. The zero-order valence-electron chi connectivity index (χ0n) is 26.4. The Labute approximate surface area is 256 Å². The van der Waals surface area contributed by atoms with Crippen LogP contribution in [0, 0.1) is 48.0 Å². The van der Waals surface area contributed by atoms with Crippen LogP contribution in [0.15, 0.2) is 54.6 Å². The Kier molecular flexibility index (Phi) is 11.4. The number of aryl methyl sites for hydroxylation is 2. The van der Waals surface area contributed by atoms with Gasteiger partial charge in [0.2, 0.25) is 0 Å². The number of likely N-dealkylation sites (N-methyl/N-ethyl adjacent to an activating group) is 1. The molecule has 4 heteroatoms. The molecule has 0 amide bonds. The number of benzene rings is 2. The van der Waals surface area contributed by atoms with Crippen LogP contribution in [0.25, 0.3) is 0 Å². The van der Waals surface area contributed by atoms with Crippen LogP contribution < -0.4 is 10.1 Å². The van der Waals surface area contributed by atoms with E-state index in [0.29, 0.717) is 35.1 Å². The third-order valence-electron chi connectivity index (χ3n) is 9.65. The van der Waals surface area contributed by atoms with E-state index in [1.54, 1.807) is 5.56 Å². The number of nitrogens with zero attached hydrogens (tertiary/aromatic N) is 1. The smallest absolute Gasteiger partial charge is 0.508 e. The van der Waals surface area contributed by atoms with Crippen LogP contribution in [0.3, 0.4) is 0 Å². The Hall–Kier alpha value is -1.55. The van der Waals surface area contributed by atoms with E-state index >= 15 is 0 Å². The Morgan fingerprint density at radius 1 is 0.872 bits per heavy atom. The minimum Gasteiger partial charge on any atom is -0.508 e. The molecule has 2 aromatic rings. The van der Waals surface area contributed by atoms with Crippen molar-refractivity contribution in [2.45, 2.75) is 83.5 Å². The number of hydrogen-bond donors (Lipinski definition) is 1. The maximum absolute atomic E-state index is 11.9. The van der Waals surface area contributed by atoms with Gasteiger partial charge in [-0.1, -0.05) is 106 Å². The van der Waals surface area contributed by atoms with Crippen molar-refractivity contribution in [2.24, 2.45) is 11.8 Å². The van der Waals surface area contributed by atoms with Crippen molar-refractivity contribution >= 4 is 18.9 Å². The van der Waals surface area contributed by atoms with Gasteiger partial charge in [0, 0.05) is 30.6 Å². The standard InChI is InChI=1S/C32H43NOSi.3CH3.Ti/c1-9-35(10-2,27-19-21(4)18-25(30(27)34)32(5,6)7)31-23-14-12-11-13-22(23)29-28(31)24-17-20(3)15-16-26(24)33(29)8;;;;/h11-19,22-23,28-29,31,34H,9-10H2,1-8H3;3*1H3;/q;3*-1;+3. The number of fused-ring (bicyclic) bond motifs is 5. The van der Waals surface area contributed by atoms with Crippen molar-refractivity contribution < 1.29 is 26.8 Å². The molecule has 39 heavy (non-hydrogen) atoms. The molecule has 1 aliphatic heterocycles. The first-order valence-corrected chi connectivity index (χ1v) is 16.1. The topological polar surface area (TPSA) is 23.5 Å². The fraction of sp³-hybridized carbons (Fsp3) is 0.457. The molecular formula is C35H52NOSiTi. The predicted octanol–water partition coefficient (Wildman–Crippen LogP) is 8.69. The van der Waals surface area contributed by atoms with E-state index in [4.69, 9.17) is 0 Å². The van der Waals surface area contributed by atoms with E-state index in [1.165, 1.54) is 22.0 Å². The van der Waals surface area contributed by atoms with Crippen LogP contribution in [-0.4, -0.2) is 26.3 Å². The van der Waals surface area contributed by atoms with Crippen LogP contribution in [0.4, 0.5) is 5.69 Å². The van der Waals surface area contributed by atoms with Gasteiger partial charge in [0.25, 0.3) is 0 Å². The molecule has 1 saturated carbocycles. The molecule has 2 nitrogen and oxygen atoms in total. The summed E-state index contributed by atoms with van der Waals surface area (Å²) < 4.78 is 0. The van der Waals surface area contributed by atoms with Gasteiger partial charge in [0.1, 0.15) is 5.75 Å². The second kappa shape index (κ2) is 12.5. The molecule has 1 radical (unpaired) electrons. The molecule has 5 atom stereocenters. The largest absolute Gasteiger partial charge is 3.00 e. The van der Waals surface area contributed by atoms with Gasteiger partial charge < -0.3 is 32.3 Å². The minimum absolute atomic E-state index is 0. The fourth-order valence-corrected chi connectivity index (χ4v) is 13.9. The quantitative estimate of drug-likeness (QED) is 0.290. The van der Waals surface area contributed by atoms with Crippen molar-refractivity contribution in [3.8, 4) is 5.75 Å². The number of aromatic hydroxyl groups is 1. The van der Waals surface area contributed by atoms with Crippen LogP contribution in [-0.2, 0) is 27.1 Å². The zero-order chi connectivity index (χ0) is 25.3. The number of anilines is 1. The number of rotatable bonds is 4. The van der Waals surface area contributed by atoms with E-state index in [0.717, 1.165) is 17.7 Å². The molecule has 5 rings (SSSR count). The molecule has 0 bridgehead atoms. The van der Waals surface area contributed by atoms with Gasteiger partial charge in [-0.3, -0.25) is 0 Å². The van der Waals surface area contributed by atoms with Gasteiger partial charge in [-0.15, -0.1) is 0 Å². The summed E-state index contributed by atoms with van der Waals surface area (Å²) in [6.07, 6.45) is 9.56. The first-order chi connectivity index (χ1) is 16.5. The average Bonchev–Trinajstić information content (AvgIpc) is 3.30. The van der Waals surface area contributed by atoms with Crippen molar-refractivity contribution in [3.63, 3.8) is 0 Å². The van der Waals surface area contributed by atoms with E-state index in [1.807, 2.05) is 0 Å². The molecule has 2 aliphatic carbocycles. The predicted molar refractivity (Wildman–Crippen MR) is 172 cm³/mol. The van der Waals surface area contributed by atoms with E-state index < -0.39 is 8.07 Å².